The average Bonchev–Trinajstić information content (AvgIpc) is 2.77. The fourth-order valence-electron chi connectivity index (χ4n) is 3.54. The van der Waals surface area contributed by atoms with Gasteiger partial charge in [0.15, 0.2) is 0 Å². The van der Waals surface area contributed by atoms with E-state index in [0.29, 0.717) is 36.3 Å². The van der Waals surface area contributed by atoms with Crippen molar-refractivity contribution in [2.75, 3.05) is 29.9 Å². The lowest BCUT2D eigenvalue weighted by Gasteiger charge is -2.40. The number of halogens is 1. The van der Waals surface area contributed by atoms with Gasteiger partial charge in [0.1, 0.15) is 17.9 Å². The number of ether oxygens (including phenoxy) is 1. The SMILES string of the molecule is Cc1ccc(Cl)c(Oc2cc(N3CCN(C(=O)Nc4ccccc4)[C@H](C)C3)ncn2)c1. The molecule has 1 aliphatic heterocycles. The van der Waals surface area contributed by atoms with Crippen LogP contribution in [0.3, 0.4) is 0 Å². The highest BCUT2D eigenvalue weighted by Crippen LogP contribution is 2.30. The van der Waals surface area contributed by atoms with E-state index in [2.05, 4.69) is 20.2 Å². The van der Waals surface area contributed by atoms with Crippen molar-refractivity contribution in [3.05, 3.63) is 71.5 Å². The Morgan fingerprint density at radius 2 is 1.94 bits per heavy atom. The molecule has 0 spiro atoms. The van der Waals surface area contributed by atoms with E-state index in [0.717, 1.165) is 17.1 Å². The predicted octanol–water partition coefficient (Wildman–Crippen LogP) is 4.97. The summed E-state index contributed by atoms with van der Waals surface area (Å²) >= 11 is 6.24. The number of carbonyl (C=O) groups excluding carboxylic acids is 1. The Morgan fingerprint density at radius 1 is 1.13 bits per heavy atom. The molecule has 2 amide bonds. The molecule has 0 aliphatic carbocycles. The molecule has 0 bridgehead atoms. The number of nitrogens with one attached hydrogen (secondary N) is 1. The minimum Gasteiger partial charge on any atom is -0.437 e. The minimum absolute atomic E-state index is 0.0167. The summed E-state index contributed by atoms with van der Waals surface area (Å²) in [5.74, 6) is 1.74. The molecular weight excluding hydrogens is 414 g/mol. The zero-order chi connectivity index (χ0) is 21.8. The summed E-state index contributed by atoms with van der Waals surface area (Å²) < 4.78 is 5.89. The molecule has 0 radical (unpaired) electrons. The number of piperazine rings is 1. The first-order chi connectivity index (χ1) is 15.0. The number of urea groups is 1. The van der Waals surface area contributed by atoms with E-state index in [-0.39, 0.29) is 12.1 Å². The van der Waals surface area contributed by atoms with Crippen molar-refractivity contribution in [3.63, 3.8) is 0 Å². The molecule has 2 aromatic carbocycles. The van der Waals surface area contributed by atoms with Gasteiger partial charge in [-0.05, 0) is 43.7 Å². The first-order valence-corrected chi connectivity index (χ1v) is 10.5. The summed E-state index contributed by atoms with van der Waals surface area (Å²) in [7, 11) is 0. The number of aromatic nitrogens is 2. The fraction of sp³-hybridized carbons (Fsp3) is 0.261. The van der Waals surface area contributed by atoms with E-state index < -0.39 is 0 Å². The molecule has 0 unspecified atom stereocenters. The van der Waals surface area contributed by atoms with E-state index in [4.69, 9.17) is 16.3 Å². The molecule has 1 fully saturated rings. The maximum Gasteiger partial charge on any atom is 0.322 e. The van der Waals surface area contributed by atoms with Gasteiger partial charge in [0.25, 0.3) is 0 Å². The predicted molar refractivity (Wildman–Crippen MR) is 122 cm³/mol. The number of amides is 2. The largest absolute Gasteiger partial charge is 0.437 e. The minimum atomic E-state index is -0.0980. The standard InChI is InChI=1S/C23H24ClN5O2/c1-16-8-9-19(24)20(12-16)31-22-13-21(25-15-26-22)28-10-11-29(17(2)14-28)23(30)27-18-6-4-3-5-7-18/h3-9,12-13,15,17H,10-11,14H2,1-2H3,(H,27,30)/t17-/m1/s1. The van der Waals surface area contributed by atoms with Gasteiger partial charge in [0.05, 0.1) is 5.02 Å². The number of hydrogen-bond donors (Lipinski definition) is 1. The van der Waals surface area contributed by atoms with Gasteiger partial charge in [-0.2, -0.15) is 0 Å². The maximum absolute atomic E-state index is 12.7. The Morgan fingerprint density at radius 3 is 2.71 bits per heavy atom. The Balaban J connectivity index is 1.41. The molecule has 7 nitrogen and oxygen atoms in total. The van der Waals surface area contributed by atoms with Gasteiger partial charge in [-0.25, -0.2) is 14.8 Å². The van der Waals surface area contributed by atoms with Gasteiger partial charge >= 0.3 is 6.03 Å². The third kappa shape index (κ3) is 5.06. The van der Waals surface area contributed by atoms with Crippen LogP contribution in [0.1, 0.15) is 12.5 Å². The summed E-state index contributed by atoms with van der Waals surface area (Å²) in [6.45, 7) is 5.91. The Labute approximate surface area is 186 Å². The molecule has 0 saturated carbocycles. The Bertz CT molecular complexity index is 1060. The molecule has 160 valence electrons. The first-order valence-electron chi connectivity index (χ1n) is 10.1. The van der Waals surface area contributed by atoms with Gasteiger partial charge in [-0.1, -0.05) is 35.9 Å². The van der Waals surface area contributed by atoms with Gasteiger partial charge in [-0.3, -0.25) is 0 Å². The van der Waals surface area contributed by atoms with E-state index in [1.165, 1.54) is 6.33 Å². The highest BCUT2D eigenvalue weighted by molar-refractivity contribution is 6.32. The smallest absolute Gasteiger partial charge is 0.322 e. The number of aryl methyl sites for hydroxylation is 1. The summed E-state index contributed by atoms with van der Waals surface area (Å²) in [6, 6.07) is 16.8. The lowest BCUT2D eigenvalue weighted by molar-refractivity contribution is 0.184. The third-order valence-electron chi connectivity index (χ3n) is 5.17. The van der Waals surface area contributed by atoms with Crippen molar-refractivity contribution < 1.29 is 9.53 Å². The van der Waals surface area contributed by atoms with Gasteiger partial charge in [-0.15, -0.1) is 0 Å². The number of carbonyl (C=O) groups is 1. The number of rotatable bonds is 4. The number of nitrogens with zero attached hydrogens (tertiary/aromatic N) is 4. The summed E-state index contributed by atoms with van der Waals surface area (Å²) in [6.07, 6.45) is 1.48. The lowest BCUT2D eigenvalue weighted by atomic mass is 10.2. The van der Waals surface area contributed by atoms with E-state index >= 15 is 0 Å². The summed E-state index contributed by atoms with van der Waals surface area (Å²) in [5.41, 5.74) is 1.84. The van der Waals surface area contributed by atoms with Crippen LogP contribution >= 0.6 is 11.6 Å². The molecule has 1 N–H and O–H groups in total. The van der Waals surface area contributed by atoms with Crippen molar-refractivity contribution in [3.8, 4) is 11.6 Å². The van der Waals surface area contributed by atoms with Crippen molar-refractivity contribution in [1.82, 2.24) is 14.9 Å². The number of benzene rings is 2. The topological polar surface area (TPSA) is 70.6 Å². The molecule has 1 aliphatic rings. The highest BCUT2D eigenvalue weighted by atomic mass is 35.5. The number of para-hydroxylation sites is 1. The monoisotopic (exact) mass is 437 g/mol. The quantitative estimate of drug-likeness (QED) is 0.623. The number of hydrogen-bond acceptors (Lipinski definition) is 5. The average molecular weight is 438 g/mol. The van der Waals surface area contributed by atoms with Crippen LogP contribution in [0.15, 0.2) is 60.9 Å². The third-order valence-corrected chi connectivity index (χ3v) is 5.48. The van der Waals surface area contributed by atoms with Crippen LogP contribution < -0.4 is 15.0 Å². The zero-order valence-corrected chi connectivity index (χ0v) is 18.2. The summed E-state index contributed by atoms with van der Waals surface area (Å²) in [4.78, 5) is 25.3. The molecule has 1 saturated heterocycles. The highest BCUT2D eigenvalue weighted by Gasteiger charge is 2.28. The molecule has 8 heteroatoms. The van der Waals surface area contributed by atoms with Gasteiger partial charge in [0.2, 0.25) is 5.88 Å². The molecule has 2 heterocycles. The van der Waals surface area contributed by atoms with E-state index in [9.17, 15) is 4.79 Å². The van der Waals surface area contributed by atoms with Crippen LogP contribution in [0, 0.1) is 6.92 Å². The van der Waals surface area contributed by atoms with E-state index in [1.54, 1.807) is 12.1 Å². The van der Waals surface area contributed by atoms with Crippen LogP contribution in [0.2, 0.25) is 5.02 Å². The van der Waals surface area contributed by atoms with Crippen molar-refractivity contribution >= 4 is 29.1 Å². The summed E-state index contributed by atoms with van der Waals surface area (Å²) in [5, 5.41) is 3.48. The fourth-order valence-corrected chi connectivity index (χ4v) is 3.70. The second kappa shape index (κ2) is 9.22. The molecule has 1 atom stereocenters. The number of anilines is 2. The van der Waals surface area contributed by atoms with Crippen LogP contribution in [-0.2, 0) is 0 Å². The maximum atomic E-state index is 12.7. The van der Waals surface area contributed by atoms with Crippen molar-refractivity contribution in [1.29, 1.82) is 0 Å². The molecule has 4 rings (SSSR count). The van der Waals surface area contributed by atoms with Crippen LogP contribution in [0.4, 0.5) is 16.3 Å². The molecule has 1 aromatic heterocycles. The van der Waals surface area contributed by atoms with Crippen LogP contribution in [-0.4, -0.2) is 46.6 Å². The van der Waals surface area contributed by atoms with Crippen molar-refractivity contribution in [2.45, 2.75) is 19.9 Å². The van der Waals surface area contributed by atoms with Gasteiger partial charge in [0, 0.05) is 37.4 Å². The molecular formula is C23H24ClN5O2. The zero-order valence-electron chi connectivity index (χ0n) is 17.5. The van der Waals surface area contributed by atoms with Crippen LogP contribution in [0.5, 0.6) is 11.6 Å². The normalized spacial score (nSPS) is 16.2. The van der Waals surface area contributed by atoms with E-state index in [1.807, 2.05) is 61.2 Å². The Kier molecular flexibility index (Phi) is 6.23. The second-order valence-electron chi connectivity index (χ2n) is 7.53. The molecule has 3 aromatic rings. The Hall–Kier alpha value is -3.32. The molecule has 31 heavy (non-hydrogen) atoms. The second-order valence-corrected chi connectivity index (χ2v) is 7.94. The van der Waals surface area contributed by atoms with Crippen molar-refractivity contribution in [2.24, 2.45) is 0 Å². The lowest BCUT2D eigenvalue weighted by Crippen LogP contribution is -2.55. The van der Waals surface area contributed by atoms with Crippen LogP contribution in [0.25, 0.3) is 0 Å². The first kappa shape index (κ1) is 20.9. The van der Waals surface area contributed by atoms with Gasteiger partial charge < -0.3 is 19.9 Å².